The van der Waals surface area contributed by atoms with E-state index < -0.39 is 31.8 Å². The summed E-state index contributed by atoms with van der Waals surface area (Å²) in [5, 5.41) is 0.106. The summed E-state index contributed by atoms with van der Waals surface area (Å²) in [6, 6.07) is 12.3. The Morgan fingerprint density at radius 3 is 2.49 bits per heavy atom. The van der Waals surface area contributed by atoms with E-state index >= 15 is 0 Å². The number of nitrogens with zero attached hydrogens (tertiary/aromatic N) is 2. The Balaban J connectivity index is 1.69. The normalized spacial score (nSPS) is 21.7. The summed E-state index contributed by atoms with van der Waals surface area (Å²) < 4.78 is 58.3. The van der Waals surface area contributed by atoms with Crippen molar-refractivity contribution in [2.24, 2.45) is 0 Å². The number of sulfone groups is 1. The second kappa shape index (κ2) is 10.5. The highest BCUT2D eigenvalue weighted by molar-refractivity contribution is 7.92. The van der Waals surface area contributed by atoms with Gasteiger partial charge in [-0.1, -0.05) is 29.8 Å². The fourth-order valence-electron chi connectivity index (χ4n) is 4.62. The number of sulfonamides is 1. The molecular formula is C24H29ClN2O6S2. The van der Waals surface area contributed by atoms with E-state index in [1.165, 1.54) is 27.4 Å². The Kier molecular flexibility index (Phi) is 7.75. The topological polar surface area (TPSA) is 101 Å². The Labute approximate surface area is 211 Å². The van der Waals surface area contributed by atoms with Gasteiger partial charge in [0, 0.05) is 25.7 Å². The highest BCUT2D eigenvalue weighted by atomic mass is 35.5. The second-order valence-corrected chi connectivity index (χ2v) is 13.3. The van der Waals surface area contributed by atoms with Gasteiger partial charge in [0.2, 0.25) is 0 Å². The number of rotatable bonds is 8. The van der Waals surface area contributed by atoms with E-state index in [-0.39, 0.29) is 46.2 Å². The molecule has 0 unspecified atom stereocenters. The molecule has 1 amide bonds. The molecule has 35 heavy (non-hydrogen) atoms. The third kappa shape index (κ3) is 5.66. The SMILES string of the molecule is CCN(c1ccccc1)S(=O)(=O)c1ccc(Cl)c(C(=O)N(C[C@H]2CCCO2)[C@@H]2CCS(=O)(=O)C2)c1. The van der Waals surface area contributed by atoms with E-state index in [4.69, 9.17) is 16.3 Å². The molecule has 0 radical (unpaired) electrons. The van der Waals surface area contributed by atoms with Crippen LogP contribution < -0.4 is 4.31 Å². The van der Waals surface area contributed by atoms with Crippen molar-refractivity contribution >= 4 is 43.1 Å². The van der Waals surface area contributed by atoms with E-state index in [0.717, 1.165) is 12.8 Å². The van der Waals surface area contributed by atoms with Gasteiger partial charge in [0.25, 0.3) is 15.9 Å². The molecule has 2 heterocycles. The number of hydrogen-bond acceptors (Lipinski definition) is 6. The van der Waals surface area contributed by atoms with E-state index in [2.05, 4.69) is 0 Å². The molecule has 0 bridgehead atoms. The molecule has 2 aromatic rings. The van der Waals surface area contributed by atoms with Crippen molar-refractivity contribution < 1.29 is 26.4 Å². The van der Waals surface area contributed by atoms with Crippen LogP contribution in [0.5, 0.6) is 0 Å². The van der Waals surface area contributed by atoms with Crippen LogP contribution in [0.2, 0.25) is 5.02 Å². The van der Waals surface area contributed by atoms with Crippen LogP contribution in [-0.2, 0) is 24.6 Å². The van der Waals surface area contributed by atoms with Crippen molar-refractivity contribution in [3.05, 3.63) is 59.1 Å². The first-order chi connectivity index (χ1) is 16.6. The van der Waals surface area contributed by atoms with Gasteiger partial charge in [-0.3, -0.25) is 9.10 Å². The zero-order valence-corrected chi connectivity index (χ0v) is 21.9. The lowest BCUT2D eigenvalue weighted by molar-refractivity contribution is 0.0441. The van der Waals surface area contributed by atoms with Crippen molar-refractivity contribution in [1.29, 1.82) is 0 Å². The molecule has 190 valence electrons. The zero-order chi connectivity index (χ0) is 25.2. The van der Waals surface area contributed by atoms with Gasteiger partial charge in [-0.25, -0.2) is 16.8 Å². The van der Waals surface area contributed by atoms with Crippen LogP contribution in [0.15, 0.2) is 53.4 Å². The molecule has 4 rings (SSSR count). The summed E-state index contributed by atoms with van der Waals surface area (Å²) >= 11 is 6.39. The van der Waals surface area contributed by atoms with Crippen LogP contribution in [-0.4, -0.2) is 71.0 Å². The molecule has 2 atom stereocenters. The molecule has 0 aromatic heterocycles. The van der Waals surface area contributed by atoms with Gasteiger partial charge in [0.05, 0.1) is 38.8 Å². The molecule has 8 nitrogen and oxygen atoms in total. The summed E-state index contributed by atoms with van der Waals surface area (Å²) in [5.41, 5.74) is 0.535. The van der Waals surface area contributed by atoms with Gasteiger partial charge in [0.15, 0.2) is 9.84 Å². The third-order valence-electron chi connectivity index (χ3n) is 6.42. The largest absolute Gasteiger partial charge is 0.376 e. The number of amides is 1. The van der Waals surface area contributed by atoms with Crippen LogP contribution in [0.1, 0.15) is 36.5 Å². The smallest absolute Gasteiger partial charge is 0.264 e. The van der Waals surface area contributed by atoms with Crippen molar-refractivity contribution in [1.82, 2.24) is 4.90 Å². The lowest BCUT2D eigenvalue weighted by atomic mass is 10.1. The van der Waals surface area contributed by atoms with Gasteiger partial charge in [0.1, 0.15) is 0 Å². The lowest BCUT2D eigenvalue weighted by Gasteiger charge is -2.31. The van der Waals surface area contributed by atoms with Crippen molar-refractivity contribution in [2.75, 3.05) is 35.5 Å². The summed E-state index contributed by atoms with van der Waals surface area (Å²) in [6.07, 6.45) is 1.78. The molecule has 2 aliphatic heterocycles. The van der Waals surface area contributed by atoms with Crippen LogP contribution in [0.25, 0.3) is 0 Å². The Bertz CT molecular complexity index is 1280. The predicted molar refractivity (Wildman–Crippen MR) is 135 cm³/mol. The molecule has 11 heteroatoms. The van der Waals surface area contributed by atoms with Crippen LogP contribution in [0.4, 0.5) is 5.69 Å². The van der Waals surface area contributed by atoms with Gasteiger partial charge < -0.3 is 9.64 Å². The van der Waals surface area contributed by atoms with E-state index in [9.17, 15) is 21.6 Å². The first kappa shape index (κ1) is 25.9. The number of benzene rings is 2. The molecular weight excluding hydrogens is 512 g/mol. The first-order valence-electron chi connectivity index (χ1n) is 11.6. The number of carbonyl (C=O) groups is 1. The minimum atomic E-state index is -3.98. The number of carbonyl (C=O) groups excluding carboxylic acids is 1. The van der Waals surface area contributed by atoms with Crippen molar-refractivity contribution in [2.45, 2.75) is 43.2 Å². The summed E-state index contributed by atoms with van der Waals surface area (Å²) in [7, 11) is -7.23. The second-order valence-electron chi connectivity index (χ2n) is 8.80. The van der Waals surface area contributed by atoms with Gasteiger partial charge in [-0.15, -0.1) is 0 Å². The minimum Gasteiger partial charge on any atom is -0.376 e. The fraction of sp³-hybridized carbons (Fsp3) is 0.458. The average Bonchev–Trinajstić information content (AvgIpc) is 3.47. The van der Waals surface area contributed by atoms with Crippen molar-refractivity contribution in [3.8, 4) is 0 Å². The maximum absolute atomic E-state index is 13.7. The van der Waals surface area contributed by atoms with Crippen LogP contribution in [0.3, 0.4) is 0 Å². The van der Waals surface area contributed by atoms with Gasteiger partial charge in [-0.2, -0.15) is 0 Å². The highest BCUT2D eigenvalue weighted by Gasteiger charge is 2.37. The number of hydrogen-bond donors (Lipinski definition) is 0. The van der Waals surface area contributed by atoms with Gasteiger partial charge >= 0.3 is 0 Å². The molecule has 0 N–H and O–H groups in total. The van der Waals surface area contributed by atoms with E-state index in [1.807, 2.05) is 0 Å². The number of halogens is 1. The maximum Gasteiger partial charge on any atom is 0.264 e. The number of ether oxygens (including phenoxy) is 1. The van der Waals surface area contributed by atoms with Crippen molar-refractivity contribution in [3.63, 3.8) is 0 Å². The minimum absolute atomic E-state index is 0.0116. The number of para-hydroxylation sites is 1. The molecule has 2 saturated heterocycles. The third-order valence-corrected chi connectivity index (χ3v) is 10.4. The summed E-state index contributed by atoms with van der Waals surface area (Å²) in [5.74, 6) is -0.608. The Morgan fingerprint density at radius 1 is 1.14 bits per heavy atom. The molecule has 0 aliphatic carbocycles. The zero-order valence-electron chi connectivity index (χ0n) is 19.5. The number of anilines is 1. The molecule has 2 fully saturated rings. The van der Waals surface area contributed by atoms with Crippen LogP contribution in [0, 0.1) is 0 Å². The standard InChI is InChI=1S/C24H29ClN2O6S2/c1-2-27(18-7-4-3-5-8-18)35(31,32)21-10-11-23(25)22(15-21)24(28)26(16-20-9-6-13-33-20)19-12-14-34(29,30)17-19/h3-5,7-8,10-11,15,19-20H,2,6,9,12-14,16-17H2,1H3/t19-,20-/m1/s1. The molecule has 0 saturated carbocycles. The quantitative estimate of drug-likeness (QED) is 0.509. The summed E-state index contributed by atoms with van der Waals surface area (Å²) in [6.45, 7) is 2.76. The first-order valence-corrected chi connectivity index (χ1v) is 15.3. The maximum atomic E-state index is 13.7. The fourth-order valence-corrected chi connectivity index (χ4v) is 8.05. The Hall–Kier alpha value is -2.14. The lowest BCUT2D eigenvalue weighted by Crippen LogP contribution is -2.45. The Morgan fingerprint density at radius 2 is 1.89 bits per heavy atom. The highest BCUT2D eigenvalue weighted by Crippen LogP contribution is 2.29. The molecule has 2 aliphatic rings. The van der Waals surface area contributed by atoms with E-state index in [1.54, 1.807) is 37.3 Å². The monoisotopic (exact) mass is 540 g/mol. The molecule has 0 spiro atoms. The predicted octanol–water partition coefficient (Wildman–Crippen LogP) is 3.36. The average molecular weight is 541 g/mol. The van der Waals surface area contributed by atoms with E-state index in [0.29, 0.717) is 18.7 Å². The summed E-state index contributed by atoms with van der Waals surface area (Å²) in [4.78, 5) is 15.2. The van der Waals surface area contributed by atoms with Gasteiger partial charge in [-0.05, 0) is 56.5 Å². The molecule has 2 aromatic carbocycles. The van der Waals surface area contributed by atoms with Crippen LogP contribution >= 0.6 is 11.6 Å².